The van der Waals surface area contributed by atoms with Crippen molar-refractivity contribution in [2.24, 2.45) is 11.1 Å². The molecular weight excluding hydrogens is 332 g/mol. The van der Waals surface area contributed by atoms with E-state index >= 15 is 0 Å². The van der Waals surface area contributed by atoms with E-state index in [-0.39, 0.29) is 23.9 Å². The van der Waals surface area contributed by atoms with Crippen molar-refractivity contribution < 1.29 is 14.0 Å². The van der Waals surface area contributed by atoms with Gasteiger partial charge in [0.05, 0.1) is 13.2 Å². The van der Waals surface area contributed by atoms with Gasteiger partial charge in [0.15, 0.2) is 0 Å². The summed E-state index contributed by atoms with van der Waals surface area (Å²) in [6.07, 6.45) is 2.40. The lowest BCUT2D eigenvalue weighted by Gasteiger charge is -2.56. The maximum absolute atomic E-state index is 6.55. The first-order valence-corrected chi connectivity index (χ1v) is 7.67. The number of hydrogen-bond donors (Lipinski definition) is 1. The summed E-state index contributed by atoms with van der Waals surface area (Å²) < 4.78 is 16.2. The van der Waals surface area contributed by atoms with Gasteiger partial charge >= 0.3 is 0 Å². The van der Waals surface area contributed by atoms with Crippen molar-refractivity contribution in [1.29, 1.82) is 0 Å². The predicted molar refractivity (Wildman–Crippen MR) is 91.0 cm³/mol. The van der Waals surface area contributed by atoms with Crippen LogP contribution >= 0.6 is 12.4 Å². The predicted octanol–water partition coefficient (Wildman–Crippen LogP) is 2.55. The summed E-state index contributed by atoms with van der Waals surface area (Å²) in [6, 6.07) is 3.58. The lowest BCUT2D eigenvalue weighted by Crippen LogP contribution is -2.67. The third-order valence-electron chi connectivity index (χ3n) is 4.84. The Labute approximate surface area is 147 Å². The normalized spacial score (nSPS) is 24.8. The number of rotatable bonds is 5. The van der Waals surface area contributed by atoms with Crippen molar-refractivity contribution >= 4 is 12.4 Å². The molecule has 1 fully saturated rings. The Morgan fingerprint density at radius 2 is 2.12 bits per heavy atom. The van der Waals surface area contributed by atoms with Gasteiger partial charge in [0, 0.05) is 36.3 Å². The van der Waals surface area contributed by atoms with E-state index in [4.69, 9.17) is 19.7 Å². The number of pyridine rings is 1. The summed E-state index contributed by atoms with van der Waals surface area (Å²) in [5.74, 6) is 1.44. The summed E-state index contributed by atoms with van der Waals surface area (Å²) in [4.78, 5) is 8.63. The summed E-state index contributed by atoms with van der Waals surface area (Å²) >= 11 is 0. The molecule has 24 heavy (non-hydrogen) atoms. The molecule has 2 heterocycles. The standard InChI is InChI=1S/C16H22N4O3.ClH/c1-5-22-11-8-16(17,15(11,2)3)14-19-13(20-23-14)10-6-7-12(21-4)18-9-10;/h6-7,9,11H,5,8,17H2,1-4H3;1H. The summed E-state index contributed by atoms with van der Waals surface area (Å²) in [6.45, 7) is 6.77. The second-order valence-electron chi connectivity index (χ2n) is 6.35. The minimum atomic E-state index is -0.683. The zero-order valence-corrected chi connectivity index (χ0v) is 15.1. The quantitative estimate of drug-likeness (QED) is 0.881. The number of nitrogens with zero attached hydrogens (tertiary/aromatic N) is 3. The molecule has 0 amide bonds. The number of hydrogen-bond acceptors (Lipinski definition) is 7. The van der Waals surface area contributed by atoms with Crippen LogP contribution in [0.1, 0.15) is 33.1 Å². The molecule has 1 saturated carbocycles. The fourth-order valence-electron chi connectivity index (χ4n) is 2.95. The largest absolute Gasteiger partial charge is 0.481 e. The molecule has 132 valence electrons. The van der Waals surface area contributed by atoms with Crippen molar-refractivity contribution in [2.45, 2.75) is 38.8 Å². The Morgan fingerprint density at radius 1 is 1.38 bits per heavy atom. The minimum absolute atomic E-state index is 0. The first kappa shape index (κ1) is 18.6. The summed E-state index contributed by atoms with van der Waals surface area (Å²) in [5, 5.41) is 4.04. The van der Waals surface area contributed by atoms with Crippen molar-refractivity contribution in [3.05, 3.63) is 24.2 Å². The molecule has 0 saturated heterocycles. The lowest BCUT2D eigenvalue weighted by molar-refractivity contribution is -0.162. The molecule has 7 nitrogen and oxygen atoms in total. The van der Waals surface area contributed by atoms with Gasteiger partial charge in [-0.2, -0.15) is 4.98 Å². The molecule has 2 unspecified atom stereocenters. The second-order valence-corrected chi connectivity index (χ2v) is 6.35. The second kappa shape index (κ2) is 6.66. The molecule has 2 atom stereocenters. The van der Waals surface area contributed by atoms with E-state index in [1.54, 1.807) is 19.4 Å². The van der Waals surface area contributed by atoms with Crippen LogP contribution in [0.25, 0.3) is 11.4 Å². The number of nitrogens with two attached hydrogens (primary N) is 1. The van der Waals surface area contributed by atoms with Crippen LogP contribution in [0.3, 0.4) is 0 Å². The fraction of sp³-hybridized carbons (Fsp3) is 0.562. The molecule has 0 aliphatic heterocycles. The maximum Gasteiger partial charge on any atom is 0.247 e. The molecule has 0 spiro atoms. The monoisotopic (exact) mass is 354 g/mol. The van der Waals surface area contributed by atoms with Crippen LogP contribution in [0.4, 0.5) is 0 Å². The molecule has 0 aromatic carbocycles. The van der Waals surface area contributed by atoms with Gasteiger partial charge in [-0.3, -0.25) is 0 Å². The number of halogens is 1. The van der Waals surface area contributed by atoms with Gasteiger partial charge in [-0.1, -0.05) is 19.0 Å². The van der Waals surface area contributed by atoms with Crippen LogP contribution in [0, 0.1) is 5.41 Å². The van der Waals surface area contributed by atoms with E-state index in [2.05, 4.69) is 29.0 Å². The Morgan fingerprint density at radius 3 is 2.67 bits per heavy atom. The molecule has 0 bridgehead atoms. The van der Waals surface area contributed by atoms with Crippen LogP contribution < -0.4 is 10.5 Å². The van der Waals surface area contributed by atoms with Gasteiger partial charge < -0.3 is 19.7 Å². The average Bonchev–Trinajstić information content (AvgIpc) is 3.05. The number of ether oxygens (including phenoxy) is 2. The first-order valence-electron chi connectivity index (χ1n) is 7.67. The van der Waals surface area contributed by atoms with Crippen LogP contribution in [-0.2, 0) is 10.3 Å². The highest BCUT2D eigenvalue weighted by Gasteiger charge is 2.62. The van der Waals surface area contributed by atoms with Gasteiger partial charge in [-0.25, -0.2) is 4.98 Å². The van der Waals surface area contributed by atoms with E-state index in [1.807, 2.05) is 13.0 Å². The Balaban J connectivity index is 0.00000208. The molecule has 2 aromatic heterocycles. The average molecular weight is 355 g/mol. The van der Waals surface area contributed by atoms with Crippen molar-refractivity contribution in [2.75, 3.05) is 13.7 Å². The van der Waals surface area contributed by atoms with E-state index in [0.29, 0.717) is 30.6 Å². The molecular formula is C16H23ClN4O3. The highest BCUT2D eigenvalue weighted by atomic mass is 35.5. The fourth-order valence-corrected chi connectivity index (χ4v) is 2.95. The highest BCUT2D eigenvalue weighted by molar-refractivity contribution is 5.85. The Kier molecular flexibility index (Phi) is 5.17. The smallest absolute Gasteiger partial charge is 0.247 e. The number of aromatic nitrogens is 3. The third-order valence-corrected chi connectivity index (χ3v) is 4.84. The molecule has 0 radical (unpaired) electrons. The molecule has 2 N–H and O–H groups in total. The summed E-state index contributed by atoms with van der Waals surface area (Å²) in [5.41, 5.74) is 6.35. The van der Waals surface area contributed by atoms with E-state index in [0.717, 1.165) is 5.56 Å². The molecule has 2 aromatic rings. The van der Waals surface area contributed by atoms with Gasteiger partial charge in [0.2, 0.25) is 17.6 Å². The lowest BCUT2D eigenvalue weighted by atomic mass is 9.54. The Hall–Kier alpha value is -1.70. The van der Waals surface area contributed by atoms with Crippen LogP contribution in [0.15, 0.2) is 22.9 Å². The van der Waals surface area contributed by atoms with Crippen molar-refractivity contribution in [3.8, 4) is 17.3 Å². The minimum Gasteiger partial charge on any atom is -0.481 e. The van der Waals surface area contributed by atoms with Crippen LogP contribution in [0.2, 0.25) is 0 Å². The molecule has 1 aliphatic rings. The van der Waals surface area contributed by atoms with E-state index < -0.39 is 5.54 Å². The highest BCUT2D eigenvalue weighted by Crippen LogP contribution is 2.55. The summed E-state index contributed by atoms with van der Waals surface area (Å²) in [7, 11) is 1.57. The van der Waals surface area contributed by atoms with Gasteiger partial charge in [0.1, 0.15) is 5.54 Å². The van der Waals surface area contributed by atoms with Gasteiger partial charge in [0.25, 0.3) is 0 Å². The number of methoxy groups -OCH3 is 1. The molecule has 3 rings (SSSR count). The van der Waals surface area contributed by atoms with Crippen molar-refractivity contribution in [3.63, 3.8) is 0 Å². The van der Waals surface area contributed by atoms with Crippen molar-refractivity contribution in [1.82, 2.24) is 15.1 Å². The molecule has 1 aliphatic carbocycles. The zero-order chi connectivity index (χ0) is 16.7. The van der Waals surface area contributed by atoms with E-state index in [9.17, 15) is 0 Å². The van der Waals surface area contributed by atoms with Gasteiger partial charge in [-0.05, 0) is 13.0 Å². The Bertz CT molecular complexity index is 689. The van der Waals surface area contributed by atoms with Crippen LogP contribution in [-0.4, -0.2) is 34.9 Å². The first-order chi connectivity index (χ1) is 10.9. The van der Waals surface area contributed by atoms with Gasteiger partial charge in [-0.15, -0.1) is 12.4 Å². The topological polar surface area (TPSA) is 96.3 Å². The maximum atomic E-state index is 6.55. The zero-order valence-electron chi connectivity index (χ0n) is 14.3. The molecule has 8 heteroatoms. The third kappa shape index (κ3) is 2.76. The SMILES string of the molecule is CCOC1CC(N)(c2nc(-c3ccc(OC)nc3)no2)C1(C)C.Cl. The van der Waals surface area contributed by atoms with E-state index in [1.165, 1.54) is 0 Å². The van der Waals surface area contributed by atoms with Crippen LogP contribution in [0.5, 0.6) is 5.88 Å².